The first-order valence-corrected chi connectivity index (χ1v) is 6.56. The van der Waals surface area contributed by atoms with Crippen molar-refractivity contribution in [3.63, 3.8) is 0 Å². The molecule has 1 unspecified atom stereocenters. The van der Waals surface area contributed by atoms with Crippen LogP contribution >= 0.6 is 11.8 Å². The lowest BCUT2D eigenvalue weighted by Crippen LogP contribution is -2.45. The zero-order valence-corrected chi connectivity index (χ0v) is 11.7. The predicted molar refractivity (Wildman–Crippen MR) is 70.3 cm³/mol. The summed E-state index contributed by atoms with van der Waals surface area (Å²) < 4.78 is 0. The highest BCUT2D eigenvalue weighted by atomic mass is 32.2. The second-order valence-electron chi connectivity index (χ2n) is 3.64. The van der Waals surface area contributed by atoms with Crippen molar-refractivity contribution in [2.24, 2.45) is 5.84 Å². The van der Waals surface area contributed by atoms with Gasteiger partial charge >= 0.3 is 0 Å². The summed E-state index contributed by atoms with van der Waals surface area (Å²) in [7, 11) is 3.95. The van der Waals surface area contributed by atoms with E-state index in [1.165, 1.54) is 5.01 Å². The number of hydrogen-bond acceptors (Lipinski definition) is 6. The van der Waals surface area contributed by atoms with E-state index in [1.807, 2.05) is 32.8 Å². The van der Waals surface area contributed by atoms with Crippen LogP contribution in [0.2, 0.25) is 0 Å². The minimum Gasteiger partial charge on any atom is -0.309 e. The lowest BCUT2D eigenvalue weighted by Gasteiger charge is -2.20. The van der Waals surface area contributed by atoms with Crippen LogP contribution in [0.15, 0.2) is 0 Å². The number of imide groups is 1. The number of hydrogen-bond donors (Lipinski definition) is 2. The molecule has 1 heterocycles. The van der Waals surface area contributed by atoms with E-state index < -0.39 is 5.37 Å². The Morgan fingerprint density at radius 1 is 1.29 bits per heavy atom. The molecule has 7 heteroatoms. The maximum absolute atomic E-state index is 11.2. The van der Waals surface area contributed by atoms with Gasteiger partial charge in [-0.1, -0.05) is 13.8 Å². The molecule has 1 saturated heterocycles. The van der Waals surface area contributed by atoms with E-state index in [9.17, 15) is 9.59 Å². The molecule has 100 valence electrons. The Hall–Kier alpha value is -0.630. The Bertz CT molecular complexity index is 261. The summed E-state index contributed by atoms with van der Waals surface area (Å²) in [4.78, 5) is 24.2. The average Bonchev–Trinajstić information content (AvgIpc) is 2.60. The van der Waals surface area contributed by atoms with Gasteiger partial charge in [-0.05, 0) is 38.8 Å². The molecule has 0 bridgehead atoms. The predicted octanol–water partition coefficient (Wildman–Crippen LogP) is 0.449. The number of carbonyl (C=O) groups excluding carboxylic acids is 2. The molecular formula is C10H22N4O2S. The summed E-state index contributed by atoms with van der Waals surface area (Å²) in [6, 6.07) is 0. The highest BCUT2D eigenvalue weighted by Crippen LogP contribution is 2.20. The Morgan fingerprint density at radius 3 is 2.29 bits per heavy atom. The molecule has 1 atom stereocenters. The number of rotatable bonds is 5. The number of amides is 2. The third-order valence-corrected chi connectivity index (χ3v) is 3.02. The molecule has 3 N–H and O–H groups in total. The Morgan fingerprint density at radius 2 is 1.88 bits per heavy atom. The van der Waals surface area contributed by atoms with Crippen molar-refractivity contribution in [1.29, 1.82) is 0 Å². The summed E-state index contributed by atoms with van der Waals surface area (Å²) in [5.74, 6) is 5.38. The fourth-order valence-corrected chi connectivity index (χ4v) is 2.02. The van der Waals surface area contributed by atoms with Gasteiger partial charge in [-0.25, -0.2) is 5.01 Å². The third kappa shape index (κ3) is 6.02. The van der Waals surface area contributed by atoms with Gasteiger partial charge < -0.3 is 4.90 Å². The van der Waals surface area contributed by atoms with E-state index in [-0.39, 0.29) is 11.1 Å². The van der Waals surface area contributed by atoms with Crippen LogP contribution < -0.4 is 11.2 Å². The minimum atomic E-state index is -0.570. The molecule has 0 aromatic heterocycles. The molecule has 1 fully saturated rings. The van der Waals surface area contributed by atoms with E-state index in [2.05, 4.69) is 5.32 Å². The van der Waals surface area contributed by atoms with Crippen molar-refractivity contribution in [2.45, 2.75) is 25.6 Å². The zero-order valence-electron chi connectivity index (χ0n) is 10.9. The van der Waals surface area contributed by atoms with Gasteiger partial charge in [-0.3, -0.25) is 20.7 Å². The van der Waals surface area contributed by atoms with Crippen LogP contribution in [-0.4, -0.2) is 53.6 Å². The SMILES string of the molecule is CC.CN(C)CCCN(N)C1SC(=O)NC1=O. The van der Waals surface area contributed by atoms with Gasteiger partial charge in [0.2, 0.25) is 0 Å². The van der Waals surface area contributed by atoms with Crippen LogP contribution in [0.4, 0.5) is 4.79 Å². The molecule has 0 aliphatic carbocycles. The average molecular weight is 262 g/mol. The van der Waals surface area contributed by atoms with Gasteiger partial charge in [0.05, 0.1) is 0 Å². The van der Waals surface area contributed by atoms with Gasteiger partial charge in [0.25, 0.3) is 11.1 Å². The number of nitrogens with zero attached hydrogens (tertiary/aromatic N) is 2. The normalized spacial score (nSPS) is 19.4. The molecule has 6 nitrogen and oxygen atoms in total. The summed E-state index contributed by atoms with van der Waals surface area (Å²) in [6.07, 6.45) is 0.863. The highest BCUT2D eigenvalue weighted by molar-refractivity contribution is 8.15. The van der Waals surface area contributed by atoms with E-state index >= 15 is 0 Å². The van der Waals surface area contributed by atoms with Crippen LogP contribution in [0.5, 0.6) is 0 Å². The topological polar surface area (TPSA) is 78.7 Å². The molecule has 0 aromatic carbocycles. The molecular weight excluding hydrogens is 240 g/mol. The molecule has 0 radical (unpaired) electrons. The monoisotopic (exact) mass is 262 g/mol. The Labute approximate surface area is 107 Å². The van der Waals surface area contributed by atoms with Crippen molar-refractivity contribution in [2.75, 3.05) is 27.2 Å². The smallest absolute Gasteiger partial charge is 0.287 e. The maximum Gasteiger partial charge on any atom is 0.287 e. The van der Waals surface area contributed by atoms with Crippen LogP contribution in [0.3, 0.4) is 0 Å². The van der Waals surface area contributed by atoms with Gasteiger partial charge in [0.15, 0.2) is 5.37 Å². The van der Waals surface area contributed by atoms with E-state index in [1.54, 1.807) is 0 Å². The lowest BCUT2D eigenvalue weighted by atomic mass is 10.4. The standard InChI is InChI=1S/C8H16N4O2S.C2H6/c1-11(2)4-3-5-12(9)7-6(13)10-8(14)15-7;1-2/h7H,3-5,9H2,1-2H3,(H,10,13,14);1-2H3. The van der Waals surface area contributed by atoms with Crippen molar-refractivity contribution in [1.82, 2.24) is 15.2 Å². The first kappa shape index (κ1) is 16.4. The summed E-state index contributed by atoms with van der Waals surface area (Å²) >= 11 is 0.928. The fraction of sp³-hybridized carbons (Fsp3) is 0.800. The first-order valence-electron chi connectivity index (χ1n) is 5.68. The maximum atomic E-state index is 11.2. The third-order valence-electron chi connectivity index (χ3n) is 1.99. The van der Waals surface area contributed by atoms with E-state index in [0.717, 1.165) is 24.7 Å². The number of thioether (sulfide) groups is 1. The quantitative estimate of drug-likeness (QED) is 0.553. The lowest BCUT2D eigenvalue weighted by molar-refractivity contribution is -0.121. The zero-order chi connectivity index (χ0) is 13.4. The van der Waals surface area contributed by atoms with Gasteiger partial charge in [-0.15, -0.1) is 0 Å². The van der Waals surface area contributed by atoms with Crippen LogP contribution in [0.1, 0.15) is 20.3 Å². The fourth-order valence-electron chi connectivity index (χ4n) is 1.25. The number of nitrogens with two attached hydrogens (primary N) is 1. The Balaban J connectivity index is 0.00000121. The molecule has 17 heavy (non-hydrogen) atoms. The number of hydrazine groups is 1. The molecule has 0 aromatic rings. The summed E-state index contributed by atoms with van der Waals surface area (Å²) in [5.41, 5.74) is 0. The summed E-state index contributed by atoms with van der Waals surface area (Å²) in [5, 5.41) is 2.72. The van der Waals surface area contributed by atoms with Crippen LogP contribution in [0.25, 0.3) is 0 Å². The molecule has 1 aliphatic rings. The largest absolute Gasteiger partial charge is 0.309 e. The van der Waals surface area contributed by atoms with Crippen LogP contribution in [0, 0.1) is 0 Å². The van der Waals surface area contributed by atoms with Crippen molar-refractivity contribution in [3.8, 4) is 0 Å². The Kier molecular flexibility index (Phi) is 8.15. The van der Waals surface area contributed by atoms with Gasteiger partial charge in [-0.2, -0.15) is 0 Å². The summed E-state index contributed by atoms with van der Waals surface area (Å²) in [6.45, 7) is 5.50. The first-order chi connectivity index (χ1) is 8.00. The minimum absolute atomic E-state index is 0.322. The molecule has 1 aliphatic heterocycles. The van der Waals surface area contributed by atoms with Crippen molar-refractivity contribution < 1.29 is 9.59 Å². The highest BCUT2D eigenvalue weighted by Gasteiger charge is 2.34. The van der Waals surface area contributed by atoms with Crippen LogP contribution in [-0.2, 0) is 4.79 Å². The number of carbonyl (C=O) groups is 2. The van der Waals surface area contributed by atoms with Gasteiger partial charge in [0, 0.05) is 6.54 Å². The van der Waals surface area contributed by atoms with Crippen molar-refractivity contribution >= 4 is 22.9 Å². The molecule has 0 saturated carbocycles. The molecule has 1 rings (SSSR count). The second-order valence-corrected chi connectivity index (χ2v) is 4.69. The molecule has 0 spiro atoms. The van der Waals surface area contributed by atoms with E-state index in [4.69, 9.17) is 5.84 Å². The molecule has 2 amide bonds. The van der Waals surface area contributed by atoms with E-state index in [0.29, 0.717) is 6.54 Å². The number of nitrogens with one attached hydrogen (secondary N) is 1. The van der Waals surface area contributed by atoms with Crippen molar-refractivity contribution in [3.05, 3.63) is 0 Å². The second kappa shape index (κ2) is 8.46. The van der Waals surface area contributed by atoms with Gasteiger partial charge in [0.1, 0.15) is 0 Å².